The Morgan fingerprint density at radius 1 is 1.20 bits per heavy atom. The van der Waals surface area contributed by atoms with Crippen molar-refractivity contribution in [3.05, 3.63) is 65.2 Å². The minimum Gasteiger partial charge on any atom is -0.465 e. The Morgan fingerprint density at radius 3 is 2.64 bits per heavy atom. The fourth-order valence-electron chi connectivity index (χ4n) is 2.19. The lowest BCUT2D eigenvalue weighted by Gasteiger charge is -2.08. The molecule has 0 saturated heterocycles. The fraction of sp³-hybridized carbons (Fsp3) is 0. The van der Waals surface area contributed by atoms with Gasteiger partial charge < -0.3 is 10.8 Å². The fourth-order valence-corrected chi connectivity index (χ4v) is 2.31. The number of pyridine rings is 1. The highest BCUT2D eigenvalue weighted by Crippen LogP contribution is 2.22. The number of nitrogens with one attached hydrogen (secondary N) is 1. The van der Waals surface area contributed by atoms with Gasteiger partial charge in [0.25, 0.3) is 0 Å². The van der Waals surface area contributed by atoms with Crippen LogP contribution in [-0.4, -0.2) is 31.7 Å². The molecule has 0 aliphatic rings. The number of nitrogen functional groups attached to an aromatic ring is 1. The molecule has 2 heterocycles. The van der Waals surface area contributed by atoms with Crippen LogP contribution in [0.2, 0.25) is 5.02 Å². The number of anilines is 2. The SMILES string of the molecule is Nc1cc(NC(=O)O)ccc1-n1cc(C(=O)c2ccc(Cl)cn2)cn1. The summed E-state index contributed by atoms with van der Waals surface area (Å²) in [5.74, 6) is -0.300. The van der Waals surface area contributed by atoms with Gasteiger partial charge >= 0.3 is 6.09 Å². The number of amides is 1. The van der Waals surface area contributed by atoms with Crippen LogP contribution in [0.5, 0.6) is 0 Å². The number of aromatic nitrogens is 3. The first-order valence-corrected chi connectivity index (χ1v) is 7.42. The van der Waals surface area contributed by atoms with E-state index in [1.54, 1.807) is 18.2 Å². The molecule has 25 heavy (non-hydrogen) atoms. The van der Waals surface area contributed by atoms with Crippen LogP contribution in [0.3, 0.4) is 0 Å². The quantitative estimate of drug-likeness (QED) is 0.487. The summed E-state index contributed by atoms with van der Waals surface area (Å²) in [6.07, 6.45) is 3.14. The molecule has 0 radical (unpaired) electrons. The topological polar surface area (TPSA) is 123 Å². The maximum absolute atomic E-state index is 12.4. The molecule has 9 heteroatoms. The summed E-state index contributed by atoms with van der Waals surface area (Å²) in [5.41, 5.74) is 7.67. The van der Waals surface area contributed by atoms with Crippen molar-refractivity contribution in [1.82, 2.24) is 14.8 Å². The molecule has 1 aromatic carbocycles. The molecule has 0 saturated carbocycles. The van der Waals surface area contributed by atoms with Gasteiger partial charge in [0.05, 0.1) is 28.2 Å². The Kier molecular flexibility index (Phi) is 4.36. The summed E-state index contributed by atoms with van der Waals surface area (Å²) in [6.45, 7) is 0. The molecule has 1 amide bonds. The molecule has 0 atom stereocenters. The molecule has 126 valence electrons. The number of hydrogen-bond donors (Lipinski definition) is 3. The Balaban J connectivity index is 1.87. The van der Waals surface area contributed by atoms with E-state index in [0.717, 1.165) is 0 Å². The van der Waals surface area contributed by atoms with Crippen molar-refractivity contribution in [2.75, 3.05) is 11.1 Å². The summed E-state index contributed by atoms with van der Waals surface area (Å²) in [5, 5.41) is 15.5. The van der Waals surface area contributed by atoms with E-state index in [1.165, 1.54) is 35.4 Å². The molecule has 3 rings (SSSR count). The highest BCUT2D eigenvalue weighted by atomic mass is 35.5. The van der Waals surface area contributed by atoms with Gasteiger partial charge in [0.15, 0.2) is 0 Å². The zero-order valence-corrected chi connectivity index (χ0v) is 13.4. The summed E-state index contributed by atoms with van der Waals surface area (Å²) in [6, 6.07) is 7.72. The minimum atomic E-state index is -1.19. The standard InChI is InChI=1S/C16H12ClN5O3/c17-10-1-3-13(19-7-10)15(23)9-6-20-22(8-9)14-4-2-11(5-12(14)18)21-16(24)25/h1-8,21H,18H2,(H,24,25). The van der Waals surface area contributed by atoms with Gasteiger partial charge in [-0.05, 0) is 30.3 Å². The average Bonchev–Trinajstić information content (AvgIpc) is 3.04. The third kappa shape index (κ3) is 3.59. The van der Waals surface area contributed by atoms with Crippen LogP contribution in [0.25, 0.3) is 5.69 Å². The predicted octanol–water partition coefficient (Wildman–Crippen LogP) is 2.82. The van der Waals surface area contributed by atoms with Crippen LogP contribution in [-0.2, 0) is 0 Å². The Hall–Kier alpha value is -3.39. The highest BCUT2D eigenvalue weighted by molar-refractivity contribution is 6.30. The zero-order chi connectivity index (χ0) is 18.0. The number of nitrogens with two attached hydrogens (primary N) is 1. The predicted molar refractivity (Wildman–Crippen MR) is 92.3 cm³/mol. The van der Waals surface area contributed by atoms with Crippen LogP contribution in [0.4, 0.5) is 16.2 Å². The number of ketones is 1. The second kappa shape index (κ2) is 6.62. The van der Waals surface area contributed by atoms with Gasteiger partial charge in [-0.25, -0.2) is 9.48 Å². The van der Waals surface area contributed by atoms with Crippen LogP contribution in [0.1, 0.15) is 16.1 Å². The maximum atomic E-state index is 12.4. The first-order valence-electron chi connectivity index (χ1n) is 7.05. The van der Waals surface area contributed by atoms with Crippen molar-refractivity contribution < 1.29 is 14.7 Å². The number of carbonyl (C=O) groups excluding carboxylic acids is 1. The van der Waals surface area contributed by atoms with Gasteiger partial charge in [0.1, 0.15) is 5.69 Å². The molecular weight excluding hydrogens is 346 g/mol. The molecule has 8 nitrogen and oxygen atoms in total. The molecule has 0 aliphatic carbocycles. The van der Waals surface area contributed by atoms with E-state index in [4.69, 9.17) is 22.4 Å². The van der Waals surface area contributed by atoms with Crippen molar-refractivity contribution in [3.8, 4) is 5.69 Å². The van der Waals surface area contributed by atoms with Crippen LogP contribution >= 0.6 is 11.6 Å². The lowest BCUT2D eigenvalue weighted by molar-refractivity contribution is 0.103. The Bertz CT molecular complexity index is 953. The lowest BCUT2D eigenvalue weighted by atomic mass is 10.1. The van der Waals surface area contributed by atoms with Crippen molar-refractivity contribution >= 4 is 34.9 Å². The number of halogens is 1. The Labute approximate surface area is 146 Å². The average molecular weight is 358 g/mol. The van der Waals surface area contributed by atoms with Crippen LogP contribution in [0.15, 0.2) is 48.9 Å². The second-order valence-electron chi connectivity index (χ2n) is 5.07. The monoisotopic (exact) mass is 357 g/mol. The maximum Gasteiger partial charge on any atom is 0.409 e. The summed E-state index contributed by atoms with van der Waals surface area (Å²) in [4.78, 5) is 27.0. The summed E-state index contributed by atoms with van der Waals surface area (Å²) in [7, 11) is 0. The lowest BCUT2D eigenvalue weighted by Crippen LogP contribution is -2.08. The van der Waals surface area contributed by atoms with Gasteiger partial charge in [-0.1, -0.05) is 11.6 Å². The van der Waals surface area contributed by atoms with Crippen LogP contribution in [0, 0.1) is 0 Å². The van der Waals surface area contributed by atoms with E-state index in [-0.39, 0.29) is 11.5 Å². The zero-order valence-electron chi connectivity index (χ0n) is 12.7. The van der Waals surface area contributed by atoms with E-state index in [1.807, 2.05) is 0 Å². The molecule has 0 bridgehead atoms. The smallest absolute Gasteiger partial charge is 0.409 e. The van der Waals surface area contributed by atoms with Crippen molar-refractivity contribution in [3.63, 3.8) is 0 Å². The van der Waals surface area contributed by atoms with E-state index < -0.39 is 6.09 Å². The van der Waals surface area contributed by atoms with E-state index in [2.05, 4.69) is 15.4 Å². The van der Waals surface area contributed by atoms with E-state index in [9.17, 15) is 9.59 Å². The normalized spacial score (nSPS) is 10.4. The molecular formula is C16H12ClN5O3. The molecule has 0 unspecified atom stereocenters. The number of hydrogen-bond acceptors (Lipinski definition) is 5. The molecule has 4 N–H and O–H groups in total. The molecule has 2 aromatic heterocycles. The van der Waals surface area contributed by atoms with Gasteiger partial charge in [0, 0.05) is 18.1 Å². The third-order valence-corrected chi connectivity index (χ3v) is 3.55. The van der Waals surface area contributed by atoms with Crippen molar-refractivity contribution in [2.45, 2.75) is 0 Å². The minimum absolute atomic E-state index is 0.248. The van der Waals surface area contributed by atoms with Gasteiger partial charge in [-0.2, -0.15) is 5.10 Å². The second-order valence-corrected chi connectivity index (χ2v) is 5.50. The number of carbonyl (C=O) groups is 2. The molecule has 3 aromatic rings. The molecule has 0 spiro atoms. The van der Waals surface area contributed by atoms with Crippen LogP contribution < -0.4 is 11.1 Å². The molecule has 0 aliphatic heterocycles. The summed E-state index contributed by atoms with van der Waals surface area (Å²) < 4.78 is 1.43. The number of nitrogens with zero attached hydrogens (tertiary/aromatic N) is 3. The third-order valence-electron chi connectivity index (χ3n) is 3.33. The van der Waals surface area contributed by atoms with E-state index >= 15 is 0 Å². The first kappa shape index (κ1) is 16.5. The largest absolute Gasteiger partial charge is 0.465 e. The van der Waals surface area contributed by atoms with Crippen molar-refractivity contribution in [1.29, 1.82) is 0 Å². The van der Waals surface area contributed by atoms with Gasteiger partial charge in [-0.3, -0.25) is 15.1 Å². The Morgan fingerprint density at radius 2 is 2.00 bits per heavy atom. The number of rotatable bonds is 4. The van der Waals surface area contributed by atoms with Gasteiger partial charge in [-0.15, -0.1) is 0 Å². The number of carboxylic acid groups (broad SMARTS) is 1. The molecule has 0 fully saturated rings. The van der Waals surface area contributed by atoms with E-state index in [0.29, 0.717) is 27.6 Å². The first-order chi connectivity index (χ1) is 11.9. The summed E-state index contributed by atoms with van der Waals surface area (Å²) >= 11 is 5.76. The van der Waals surface area contributed by atoms with Crippen molar-refractivity contribution in [2.24, 2.45) is 0 Å². The highest BCUT2D eigenvalue weighted by Gasteiger charge is 2.14. The number of benzene rings is 1. The van der Waals surface area contributed by atoms with Gasteiger partial charge in [0.2, 0.25) is 5.78 Å².